The van der Waals surface area contributed by atoms with E-state index in [1.54, 1.807) is 12.0 Å². The monoisotopic (exact) mass is 580 g/mol. The third kappa shape index (κ3) is 8.70. The van der Waals surface area contributed by atoms with Crippen molar-refractivity contribution in [1.82, 2.24) is 19.4 Å². The minimum atomic E-state index is -1.27. The van der Waals surface area contributed by atoms with Gasteiger partial charge in [0.05, 0.1) is 20.3 Å². The third-order valence-corrected chi connectivity index (χ3v) is 7.39. The van der Waals surface area contributed by atoms with E-state index in [4.69, 9.17) is 18.9 Å². The van der Waals surface area contributed by atoms with E-state index in [1.165, 1.54) is 7.11 Å². The molecule has 1 atom stereocenters. The average molecular weight is 581 g/mol. The second kappa shape index (κ2) is 15.0. The predicted molar refractivity (Wildman–Crippen MR) is 160 cm³/mol. The number of β-amino-alcohol motifs (C(OH)–C–C–N with tert-alkyl or cyclic N) is 1. The lowest BCUT2D eigenvalue weighted by Crippen LogP contribution is -2.52. The quantitative estimate of drug-likeness (QED) is 0.290. The highest BCUT2D eigenvalue weighted by Crippen LogP contribution is 2.29. The third-order valence-electron chi connectivity index (χ3n) is 7.39. The first-order chi connectivity index (χ1) is 20.3. The summed E-state index contributed by atoms with van der Waals surface area (Å²) in [6.45, 7) is 7.67. The molecule has 1 aliphatic rings. The molecule has 1 fully saturated rings. The van der Waals surface area contributed by atoms with Crippen LogP contribution in [0.25, 0.3) is 0 Å². The van der Waals surface area contributed by atoms with Gasteiger partial charge in [-0.2, -0.15) is 0 Å². The van der Waals surface area contributed by atoms with Gasteiger partial charge < -0.3 is 33.5 Å². The minimum absolute atomic E-state index is 0.0321. The van der Waals surface area contributed by atoms with E-state index in [0.717, 1.165) is 36.3 Å². The van der Waals surface area contributed by atoms with Gasteiger partial charge in [0, 0.05) is 58.6 Å². The van der Waals surface area contributed by atoms with Crippen molar-refractivity contribution >= 4 is 5.91 Å². The van der Waals surface area contributed by atoms with Gasteiger partial charge in [-0.05, 0) is 43.2 Å². The van der Waals surface area contributed by atoms with Crippen molar-refractivity contribution in [2.75, 3.05) is 60.2 Å². The van der Waals surface area contributed by atoms with Crippen LogP contribution in [0, 0.1) is 6.92 Å². The van der Waals surface area contributed by atoms with Gasteiger partial charge >= 0.3 is 0 Å². The largest absolute Gasteiger partial charge is 0.493 e. The predicted octanol–water partition coefficient (Wildman–Crippen LogP) is 3.33. The van der Waals surface area contributed by atoms with Crippen LogP contribution in [0.4, 0.5) is 0 Å². The number of imidazole rings is 1. The van der Waals surface area contributed by atoms with Crippen LogP contribution in [0.15, 0.2) is 54.9 Å². The highest BCUT2D eigenvalue weighted by molar-refractivity contribution is 5.77. The fraction of sp³-hybridized carbons (Fsp3) is 0.500. The molecule has 10 nitrogen and oxygen atoms in total. The van der Waals surface area contributed by atoms with Gasteiger partial charge in [-0.3, -0.25) is 9.69 Å². The molecule has 4 rings (SSSR count). The van der Waals surface area contributed by atoms with Gasteiger partial charge in [0.15, 0.2) is 11.5 Å². The summed E-state index contributed by atoms with van der Waals surface area (Å²) in [5, 5.41) is 11.7. The van der Waals surface area contributed by atoms with Crippen molar-refractivity contribution < 1.29 is 28.8 Å². The fourth-order valence-corrected chi connectivity index (χ4v) is 5.21. The maximum absolute atomic E-state index is 12.7. The van der Waals surface area contributed by atoms with Gasteiger partial charge in [0.1, 0.15) is 30.4 Å². The summed E-state index contributed by atoms with van der Waals surface area (Å²) in [6.07, 6.45) is 5.58. The van der Waals surface area contributed by atoms with E-state index in [0.29, 0.717) is 50.0 Å². The Kier molecular flexibility index (Phi) is 11.2. The van der Waals surface area contributed by atoms with Crippen LogP contribution >= 0.6 is 0 Å². The lowest BCUT2D eigenvalue weighted by atomic mass is 10.0. The minimum Gasteiger partial charge on any atom is -0.493 e. The molecule has 3 aromatic rings. The topological polar surface area (TPSA) is 98.5 Å². The molecular formula is C32H44N4O6. The number of hydrogen-bond donors (Lipinski definition) is 1. The molecular weight excluding hydrogens is 536 g/mol. The van der Waals surface area contributed by atoms with Gasteiger partial charge in [-0.25, -0.2) is 4.98 Å². The molecule has 0 bridgehead atoms. The first kappa shape index (κ1) is 31.3. The molecule has 228 valence electrons. The van der Waals surface area contributed by atoms with Crippen molar-refractivity contribution in [3.8, 4) is 17.2 Å². The number of aliphatic hydroxyl groups is 1. The number of carbonyl (C=O) groups is 1. The van der Waals surface area contributed by atoms with Gasteiger partial charge in [0.25, 0.3) is 0 Å². The maximum atomic E-state index is 12.7. The second-order valence-electron chi connectivity index (χ2n) is 10.9. The number of hydrogen-bond acceptors (Lipinski definition) is 8. The van der Waals surface area contributed by atoms with Crippen molar-refractivity contribution in [2.45, 2.75) is 45.4 Å². The molecule has 0 spiro atoms. The zero-order chi connectivity index (χ0) is 30.0. The van der Waals surface area contributed by atoms with Crippen LogP contribution in [0.3, 0.4) is 0 Å². The van der Waals surface area contributed by atoms with Crippen LogP contribution in [0.5, 0.6) is 17.2 Å². The number of aryl methyl sites for hydroxylation is 3. The Morgan fingerprint density at radius 1 is 1.05 bits per heavy atom. The molecule has 1 amide bonds. The van der Waals surface area contributed by atoms with Gasteiger partial charge in [0.2, 0.25) is 5.91 Å². The number of ether oxygens (including phenoxy) is 4. The van der Waals surface area contributed by atoms with E-state index in [2.05, 4.69) is 21.4 Å². The number of carbonyl (C=O) groups excluding carboxylic acids is 1. The Balaban J connectivity index is 1.40. The van der Waals surface area contributed by atoms with E-state index >= 15 is 0 Å². The SMILES string of the molecule is CCc1nccn1CCCOc1ccc(CN2CCN(C(=O)COC)C[C@](O)(COc3ccc(C)cc3)C2)cc1OC. The molecule has 1 saturated heterocycles. The van der Waals surface area contributed by atoms with Crippen LogP contribution in [-0.2, 0) is 29.0 Å². The molecule has 2 aromatic carbocycles. The Hall–Kier alpha value is -3.60. The number of methoxy groups -OCH3 is 2. The van der Waals surface area contributed by atoms with E-state index in [1.807, 2.05) is 61.8 Å². The normalized spacial score (nSPS) is 17.6. The summed E-state index contributed by atoms with van der Waals surface area (Å²) in [6, 6.07) is 13.6. The second-order valence-corrected chi connectivity index (χ2v) is 10.9. The van der Waals surface area contributed by atoms with Gasteiger partial charge in [-0.15, -0.1) is 0 Å². The smallest absolute Gasteiger partial charge is 0.248 e. The highest BCUT2D eigenvalue weighted by atomic mass is 16.5. The molecule has 1 aliphatic heterocycles. The number of aromatic nitrogens is 2. The molecule has 1 N–H and O–H groups in total. The molecule has 0 radical (unpaired) electrons. The zero-order valence-corrected chi connectivity index (χ0v) is 25.3. The van der Waals surface area contributed by atoms with Crippen LogP contribution in [-0.4, -0.2) is 96.2 Å². The first-order valence-corrected chi connectivity index (χ1v) is 14.5. The Morgan fingerprint density at radius 3 is 2.60 bits per heavy atom. The molecule has 0 saturated carbocycles. The zero-order valence-electron chi connectivity index (χ0n) is 25.3. The van der Waals surface area contributed by atoms with Crippen molar-refractivity contribution in [3.63, 3.8) is 0 Å². The number of nitrogens with zero attached hydrogens (tertiary/aromatic N) is 4. The lowest BCUT2D eigenvalue weighted by Gasteiger charge is -2.33. The number of benzene rings is 2. The van der Waals surface area contributed by atoms with Crippen LogP contribution in [0.1, 0.15) is 30.3 Å². The van der Waals surface area contributed by atoms with E-state index < -0.39 is 5.60 Å². The summed E-state index contributed by atoms with van der Waals surface area (Å²) < 4.78 is 24.9. The van der Waals surface area contributed by atoms with Gasteiger partial charge in [-0.1, -0.05) is 30.7 Å². The lowest BCUT2D eigenvalue weighted by molar-refractivity contribution is -0.138. The summed E-state index contributed by atoms with van der Waals surface area (Å²) in [5.41, 5.74) is 0.874. The fourth-order valence-electron chi connectivity index (χ4n) is 5.21. The summed E-state index contributed by atoms with van der Waals surface area (Å²) >= 11 is 0. The molecule has 2 heterocycles. The summed E-state index contributed by atoms with van der Waals surface area (Å²) in [5.74, 6) is 2.95. The van der Waals surface area contributed by atoms with E-state index in [-0.39, 0.29) is 25.7 Å². The van der Waals surface area contributed by atoms with Crippen molar-refractivity contribution in [1.29, 1.82) is 0 Å². The molecule has 1 aromatic heterocycles. The summed E-state index contributed by atoms with van der Waals surface area (Å²) in [7, 11) is 3.13. The molecule has 42 heavy (non-hydrogen) atoms. The first-order valence-electron chi connectivity index (χ1n) is 14.5. The Morgan fingerprint density at radius 2 is 1.86 bits per heavy atom. The highest BCUT2D eigenvalue weighted by Gasteiger charge is 2.37. The molecule has 0 unspecified atom stereocenters. The summed E-state index contributed by atoms with van der Waals surface area (Å²) in [4.78, 5) is 20.9. The van der Waals surface area contributed by atoms with E-state index in [9.17, 15) is 9.90 Å². The maximum Gasteiger partial charge on any atom is 0.248 e. The number of rotatable bonds is 14. The Bertz CT molecular complexity index is 1280. The average Bonchev–Trinajstić information content (AvgIpc) is 3.38. The van der Waals surface area contributed by atoms with Crippen molar-refractivity contribution in [3.05, 3.63) is 71.8 Å². The molecule has 0 aliphatic carbocycles. The van der Waals surface area contributed by atoms with Crippen LogP contribution in [0.2, 0.25) is 0 Å². The standard InChI is InChI=1S/C32H44N4O6/c1-5-30-33-13-15-35(30)14-6-18-41-28-12-9-26(19-29(28)40-4)20-34-16-17-36(31(37)21-39-3)23-32(38,22-34)24-42-27-10-7-25(2)8-11-27/h7-13,15,19,38H,5-6,14,16-18,20-24H2,1-4H3/t32-/m0/s1. The van der Waals surface area contributed by atoms with Crippen molar-refractivity contribution in [2.24, 2.45) is 0 Å². The van der Waals surface area contributed by atoms with Crippen LogP contribution < -0.4 is 14.2 Å². The Labute approximate surface area is 248 Å². The number of amides is 1. The molecule has 10 heteroatoms.